The second-order valence-electron chi connectivity index (χ2n) is 6.88. The molecule has 0 aliphatic carbocycles. The highest BCUT2D eigenvalue weighted by Gasteiger charge is 2.28. The van der Waals surface area contributed by atoms with Crippen LogP contribution in [0.2, 0.25) is 0 Å². The van der Waals surface area contributed by atoms with Crippen LogP contribution in [0.5, 0.6) is 0 Å². The lowest BCUT2D eigenvalue weighted by molar-refractivity contribution is -0.384. The van der Waals surface area contributed by atoms with Crippen LogP contribution in [0.3, 0.4) is 0 Å². The van der Waals surface area contributed by atoms with Gasteiger partial charge in [0.1, 0.15) is 5.69 Å². The molecular weight excluding hydrogens is 336 g/mol. The number of rotatable bonds is 5. The van der Waals surface area contributed by atoms with Gasteiger partial charge in [-0.1, -0.05) is 6.92 Å². The van der Waals surface area contributed by atoms with E-state index in [1.165, 1.54) is 0 Å². The maximum absolute atomic E-state index is 11.7. The third-order valence-electron chi connectivity index (χ3n) is 4.97. The zero-order valence-corrected chi connectivity index (χ0v) is 14.9. The second kappa shape index (κ2) is 7.72. The molecule has 0 atom stereocenters. The first kappa shape index (κ1) is 18.2. The van der Waals surface area contributed by atoms with Crippen molar-refractivity contribution in [2.24, 2.45) is 0 Å². The Labute approximate surface area is 152 Å². The minimum Gasteiger partial charge on any atom is -0.366 e. The molecule has 2 aliphatic heterocycles. The number of carbonyl (C=O) groups excluding carboxylic acids is 2. The van der Waals surface area contributed by atoms with E-state index in [0.717, 1.165) is 24.8 Å². The molecule has 1 aromatic rings. The summed E-state index contributed by atoms with van der Waals surface area (Å²) in [5, 5.41) is 17.4. The van der Waals surface area contributed by atoms with Crippen molar-refractivity contribution in [1.82, 2.24) is 5.32 Å². The van der Waals surface area contributed by atoms with Crippen molar-refractivity contribution in [1.29, 1.82) is 0 Å². The van der Waals surface area contributed by atoms with E-state index in [1.807, 2.05) is 11.8 Å². The van der Waals surface area contributed by atoms with Gasteiger partial charge < -0.3 is 15.5 Å². The fourth-order valence-electron chi connectivity index (χ4n) is 3.60. The largest absolute Gasteiger partial charge is 0.366 e. The minimum atomic E-state index is -0.360. The van der Waals surface area contributed by atoms with E-state index in [9.17, 15) is 19.7 Å². The van der Waals surface area contributed by atoms with Gasteiger partial charge in [0.05, 0.1) is 4.92 Å². The topological polar surface area (TPSA) is 105 Å². The monoisotopic (exact) mass is 360 g/mol. The molecule has 2 amide bonds. The van der Waals surface area contributed by atoms with Crippen molar-refractivity contribution in [2.75, 3.05) is 23.3 Å². The number of nitrogens with zero attached hydrogens (tertiary/aromatic N) is 2. The lowest BCUT2D eigenvalue weighted by Gasteiger charge is -2.34. The van der Waals surface area contributed by atoms with Crippen molar-refractivity contribution in [2.45, 2.75) is 51.5 Å². The lowest BCUT2D eigenvalue weighted by atomic mass is 9.99. The summed E-state index contributed by atoms with van der Waals surface area (Å²) in [5.41, 5.74) is 2.09. The van der Waals surface area contributed by atoms with Crippen LogP contribution < -0.4 is 15.5 Å². The Morgan fingerprint density at radius 3 is 2.73 bits per heavy atom. The normalized spacial score (nSPS) is 17.4. The first-order valence-corrected chi connectivity index (χ1v) is 9.13. The Morgan fingerprint density at radius 1 is 1.35 bits per heavy atom. The fourth-order valence-corrected chi connectivity index (χ4v) is 3.60. The number of benzene rings is 1. The van der Waals surface area contributed by atoms with Gasteiger partial charge >= 0.3 is 0 Å². The predicted octanol–water partition coefficient (Wildman–Crippen LogP) is 2.36. The average Bonchev–Trinajstić information content (AvgIpc) is 2.61. The highest BCUT2D eigenvalue weighted by atomic mass is 16.6. The van der Waals surface area contributed by atoms with Gasteiger partial charge in [0.15, 0.2) is 0 Å². The van der Waals surface area contributed by atoms with Gasteiger partial charge in [0.2, 0.25) is 11.8 Å². The molecule has 1 aromatic carbocycles. The van der Waals surface area contributed by atoms with E-state index in [2.05, 4.69) is 10.6 Å². The van der Waals surface area contributed by atoms with E-state index in [-0.39, 0.29) is 28.5 Å². The number of nitrogens with one attached hydrogen (secondary N) is 2. The van der Waals surface area contributed by atoms with Crippen LogP contribution in [0.1, 0.15) is 44.6 Å². The first-order chi connectivity index (χ1) is 12.5. The van der Waals surface area contributed by atoms with E-state index < -0.39 is 0 Å². The van der Waals surface area contributed by atoms with Crippen molar-refractivity contribution < 1.29 is 14.5 Å². The van der Waals surface area contributed by atoms with Crippen LogP contribution in [-0.4, -0.2) is 35.9 Å². The second-order valence-corrected chi connectivity index (χ2v) is 6.88. The van der Waals surface area contributed by atoms with Crippen molar-refractivity contribution in [3.05, 3.63) is 27.8 Å². The molecular formula is C18H24N4O4. The number of nitro benzene ring substituents is 1. The molecule has 0 unspecified atom stereocenters. The summed E-state index contributed by atoms with van der Waals surface area (Å²) in [7, 11) is 0. The van der Waals surface area contributed by atoms with E-state index in [4.69, 9.17) is 0 Å². The van der Waals surface area contributed by atoms with E-state index >= 15 is 0 Å². The van der Waals surface area contributed by atoms with E-state index in [0.29, 0.717) is 43.7 Å². The first-order valence-electron chi connectivity index (χ1n) is 9.13. The number of anilines is 2. The molecule has 140 valence electrons. The molecule has 8 nitrogen and oxygen atoms in total. The molecule has 0 radical (unpaired) electrons. The molecule has 26 heavy (non-hydrogen) atoms. The molecule has 1 saturated heterocycles. The SMILES string of the molecule is CCCC(=O)NC1CCN(c2cc3c(cc2[N+](=O)[O-])CCC(=O)N3)CC1. The van der Waals surface area contributed by atoms with Crippen LogP contribution in [0.15, 0.2) is 12.1 Å². The maximum Gasteiger partial charge on any atom is 0.292 e. The Kier molecular flexibility index (Phi) is 5.39. The van der Waals surface area contributed by atoms with Crippen LogP contribution in [0, 0.1) is 10.1 Å². The Balaban J connectivity index is 1.75. The van der Waals surface area contributed by atoms with Crippen LogP contribution in [-0.2, 0) is 16.0 Å². The molecule has 0 aromatic heterocycles. The molecule has 0 spiro atoms. The van der Waals surface area contributed by atoms with Gasteiger partial charge in [0, 0.05) is 43.7 Å². The summed E-state index contributed by atoms with van der Waals surface area (Å²) in [4.78, 5) is 36.5. The van der Waals surface area contributed by atoms with Crippen molar-refractivity contribution in [3.8, 4) is 0 Å². The zero-order chi connectivity index (χ0) is 18.7. The van der Waals surface area contributed by atoms with Crippen LogP contribution in [0.25, 0.3) is 0 Å². The maximum atomic E-state index is 11.7. The van der Waals surface area contributed by atoms with Crippen molar-refractivity contribution >= 4 is 28.9 Å². The number of carbonyl (C=O) groups is 2. The summed E-state index contributed by atoms with van der Waals surface area (Å²) in [6.45, 7) is 3.23. The van der Waals surface area contributed by atoms with Crippen molar-refractivity contribution in [3.63, 3.8) is 0 Å². The summed E-state index contributed by atoms with van der Waals surface area (Å²) in [5.74, 6) is 0.00284. The average molecular weight is 360 g/mol. The quantitative estimate of drug-likeness (QED) is 0.619. The van der Waals surface area contributed by atoms with E-state index in [1.54, 1.807) is 12.1 Å². The highest BCUT2D eigenvalue weighted by molar-refractivity contribution is 5.95. The number of aryl methyl sites for hydroxylation is 1. The molecule has 8 heteroatoms. The standard InChI is InChI=1S/C18H24N4O4/c1-2-3-17(23)19-13-6-8-21(9-7-13)15-11-14-12(4-5-18(24)20-14)10-16(15)22(25)26/h10-11,13H,2-9H2,1H3,(H,19,23)(H,20,24). The molecule has 0 saturated carbocycles. The van der Waals surface area contributed by atoms with Gasteiger partial charge in [-0.3, -0.25) is 19.7 Å². The Hall–Kier alpha value is -2.64. The zero-order valence-electron chi connectivity index (χ0n) is 14.9. The smallest absolute Gasteiger partial charge is 0.292 e. The lowest BCUT2D eigenvalue weighted by Crippen LogP contribution is -2.44. The van der Waals surface area contributed by atoms with Gasteiger partial charge in [-0.2, -0.15) is 0 Å². The summed E-state index contributed by atoms with van der Waals surface area (Å²) in [6.07, 6.45) is 3.71. The molecule has 2 N–H and O–H groups in total. The summed E-state index contributed by atoms with van der Waals surface area (Å²) >= 11 is 0. The Bertz CT molecular complexity index is 726. The number of fused-ring (bicyclic) bond motifs is 1. The number of nitro groups is 1. The molecule has 2 aliphatic rings. The third kappa shape index (κ3) is 3.95. The highest BCUT2D eigenvalue weighted by Crippen LogP contribution is 2.37. The van der Waals surface area contributed by atoms with Gasteiger partial charge in [0.25, 0.3) is 5.69 Å². The summed E-state index contributed by atoms with van der Waals surface area (Å²) < 4.78 is 0. The molecule has 1 fully saturated rings. The summed E-state index contributed by atoms with van der Waals surface area (Å²) in [6, 6.07) is 3.42. The van der Waals surface area contributed by atoms with Crippen LogP contribution in [0.4, 0.5) is 17.1 Å². The third-order valence-corrected chi connectivity index (χ3v) is 4.97. The molecule has 3 rings (SSSR count). The van der Waals surface area contributed by atoms with Gasteiger partial charge in [-0.25, -0.2) is 0 Å². The number of piperidine rings is 1. The van der Waals surface area contributed by atoms with Crippen LogP contribution >= 0.6 is 0 Å². The number of amides is 2. The Morgan fingerprint density at radius 2 is 2.08 bits per heavy atom. The minimum absolute atomic E-state index is 0.0605. The fraction of sp³-hybridized carbons (Fsp3) is 0.556. The molecule has 0 bridgehead atoms. The number of hydrogen-bond acceptors (Lipinski definition) is 5. The van der Waals surface area contributed by atoms with Gasteiger partial charge in [-0.15, -0.1) is 0 Å². The predicted molar refractivity (Wildman–Crippen MR) is 98.3 cm³/mol. The van der Waals surface area contributed by atoms with Gasteiger partial charge in [-0.05, 0) is 37.3 Å². The molecule has 2 heterocycles. The number of hydrogen-bond donors (Lipinski definition) is 2.